The number of fused-ring (bicyclic) bond motifs is 3. The lowest BCUT2D eigenvalue weighted by Crippen LogP contribution is -2.57. The number of alkyl halides is 2. The first kappa shape index (κ1) is 21.8. The van der Waals surface area contributed by atoms with E-state index in [4.69, 9.17) is 4.74 Å². The van der Waals surface area contributed by atoms with Crippen molar-refractivity contribution in [3.8, 4) is 11.1 Å². The molecule has 0 unspecified atom stereocenters. The van der Waals surface area contributed by atoms with Crippen molar-refractivity contribution in [2.24, 2.45) is 5.92 Å². The molecular formula is C25H29F2NO3. The summed E-state index contributed by atoms with van der Waals surface area (Å²) in [6, 6.07) is 16.0. The zero-order valence-corrected chi connectivity index (χ0v) is 17.8. The van der Waals surface area contributed by atoms with Crippen LogP contribution in [0.1, 0.15) is 49.7 Å². The van der Waals surface area contributed by atoms with E-state index in [1.807, 2.05) is 48.5 Å². The Kier molecular flexibility index (Phi) is 6.28. The van der Waals surface area contributed by atoms with Crippen LogP contribution in [0.4, 0.5) is 13.6 Å². The summed E-state index contributed by atoms with van der Waals surface area (Å²) < 4.78 is 32.4. The van der Waals surface area contributed by atoms with Crippen molar-refractivity contribution < 1.29 is 23.4 Å². The number of amides is 1. The van der Waals surface area contributed by atoms with Crippen molar-refractivity contribution in [2.45, 2.75) is 50.5 Å². The second-order valence-electron chi connectivity index (χ2n) is 8.87. The van der Waals surface area contributed by atoms with Crippen LogP contribution >= 0.6 is 0 Å². The van der Waals surface area contributed by atoms with Gasteiger partial charge in [-0.15, -0.1) is 0 Å². The Morgan fingerprint density at radius 3 is 2.16 bits per heavy atom. The highest BCUT2D eigenvalue weighted by Crippen LogP contribution is 2.45. The molecule has 166 valence electrons. The lowest BCUT2D eigenvalue weighted by Gasteiger charge is -2.45. The summed E-state index contributed by atoms with van der Waals surface area (Å²) in [5.74, 6) is 0.316. The number of rotatable bonds is 6. The molecule has 2 aliphatic carbocycles. The van der Waals surface area contributed by atoms with Crippen molar-refractivity contribution in [2.75, 3.05) is 19.8 Å². The number of nitrogens with zero attached hydrogens (tertiary/aromatic N) is 1. The van der Waals surface area contributed by atoms with Gasteiger partial charge in [0.05, 0.1) is 18.7 Å². The third-order valence-electron chi connectivity index (χ3n) is 6.95. The summed E-state index contributed by atoms with van der Waals surface area (Å²) in [7, 11) is 0. The van der Waals surface area contributed by atoms with Crippen LogP contribution < -0.4 is 0 Å². The summed E-state index contributed by atoms with van der Waals surface area (Å²) in [4.78, 5) is 14.2. The normalized spacial score (nSPS) is 22.8. The molecule has 2 aliphatic rings. The van der Waals surface area contributed by atoms with Crippen LogP contribution in [0.2, 0.25) is 0 Å². The van der Waals surface area contributed by atoms with Gasteiger partial charge in [0, 0.05) is 5.92 Å². The van der Waals surface area contributed by atoms with E-state index in [0.717, 1.165) is 40.0 Å². The number of halogens is 2. The molecule has 0 spiro atoms. The first-order valence-corrected chi connectivity index (χ1v) is 11.0. The summed E-state index contributed by atoms with van der Waals surface area (Å²) in [6.07, 6.45) is -0.883. The molecule has 2 aromatic carbocycles. The maximum atomic E-state index is 13.4. The molecule has 0 bridgehead atoms. The Morgan fingerprint density at radius 1 is 1.10 bits per heavy atom. The third-order valence-corrected chi connectivity index (χ3v) is 6.95. The molecule has 1 amide bonds. The van der Waals surface area contributed by atoms with E-state index < -0.39 is 24.6 Å². The van der Waals surface area contributed by atoms with Gasteiger partial charge in [-0.2, -0.15) is 0 Å². The molecule has 6 heteroatoms. The number of carbonyl (C=O) groups excluding carboxylic acids is 1. The number of aliphatic hydroxyl groups is 1. The zero-order chi connectivity index (χ0) is 22.0. The standard InChI is InChI=1S/C25H29F2NO3/c1-17-10-12-25(16-29,13-11-17)28(14-23(26)27)24(30)31-15-22-20-8-4-2-6-18(20)19-7-3-5-9-21(19)22/h2-9,17,22-23,29H,10-16H2,1H3. The predicted octanol–water partition coefficient (Wildman–Crippen LogP) is 5.44. The smallest absolute Gasteiger partial charge is 0.410 e. The average Bonchev–Trinajstić information content (AvgIpc) is 3.10. The van der Waals surface area contributed by atoms with Gasteiger partial charge in [-0.25, -0.2) is 13.6 Å². The van der Waals surface area contributed by atoms with Gasteiger partial charge in [0.1, 0.15) is 6.61 Å². The average molecular weight is 430 g/mol. The molecule has 0 heterocycles. The van der Waals surface area contributed by atoms with Gasteiger partial charge in [-0.05, 0) is 53.9 Å². The quantitative estimate of drug-likeness (QED) is 0.665. The molecule has 0 saturated heterocycles. The van der Waals surface area contributed by atoms with Crippen LogP contribution in [0.3, 0.4) is 0 Å². The van der Waals surface area contributed by atoms with Gasteiger partial charge in [-0.3, -0.25) is 4.90 Å². The van der Waals surface area contributed by atoms with E-state index in [2.05, 4.69) is 6.92 Å². The first-order chi connectivity index (χ1) is 14.9. The van der Waals surface area contributed by atoms with Gasteiger partial charge in [0.25, 0.3) is 6.43 Å². The van der Waals surface area contributed by atoms with Gasteiger partial charge in [-0.1, -0.05) is 55.5 Å². The Morgan fingerprint density at radius 2 is 1.65 bits per heavy atom. The molecule has 4 rings (SSSR count). The number of hydrogen-bond acceptors (Lipinski definition) is 3. The highest BCUT2D eigenvalue weighted by molar-refractivity contribution is 5.79. The Hall–Kier alpha value is -2.47. The monoisotopic (exact) mass is 429 g/mol. The van der Waals surface area contributed by atoms with Crippen LogP contribution in [-0.2, 0) is 4.74 Å². The molecule has 1 saturated carbocycles. The van der Waals surface area contributed by atoms with E-state index in [1.165, 1.54) is 0 Å². The molecule has 1 fully saturated rings. The van der Waals surface area contributed by atoms with Crippen LogP contribution in [0.25, 0.3) is 11.1 Å². The topological polar surface area (TPSA) is 49.8 Å². The second-order valence-corrected chi connectivity index (χ2v) is 8.87. The van der Waals surface area contributed by atoms with E-state index in [-0.39, 0.29) is 19.1 Å². The van der Waals surface area contributed by atoms with Crippen LogP contribution in [0.15, 0.2) is 48.5 Å². The molecular weight excluding hydrogens is 400 g/mol. The van der Waals surface area contributed by atoms with E-state index in [9.17, 15) is 18.7 Å². The van der Waals surface area contributed by atoms with E-state index >= 15 is 0 Å². The summed E-state index contributed by atoms with van der Waals surface area (Å²) in [6.45, 7) is 1.11. The molecule has 0 atom stereocenters. The van der Waals surface area contributed by atoms with Crippen molar-refractivity contribution in [1.82, 2.24) is 4.90 Å². The molecule has 0 aromatic heterocycles. The number of ether oxygens (including phenoxy) is 1. The zero-order valence-electron chi connectivity index (χ0n) is 17.8. The maximum absolute atomic E-state index is 13.4. The van der Waals surface area contributed by atoms with Crippen molar-refractivity contribution in [1.29, 1.82) is 0 Å². The summed E-state index contributed by atoms with van der Waals surface area (Å²) in [5.41, 5.74) is 3.37. The number of benzene rings is 2. The molecule has 2 aromatic rings. The molecule has 0 radical (unpaired) electrons. The lowest BCUT2D eigenvalue weighted by atomic mass is 9.76. The summed E-state index contributed by atoms with van der Waals surface area (Å²) >= 11 is 0. The van der Waals surface area contributed by atoms with E-state index in [0.29, 0.717) is 18.8 Å². The van der Waals surface area contributed by atoms with Gasteiger partial charge in [0.2, 0.25) is 0 Å². The number of carbonyl (C=O) groups is 1. The highest BCUT2D eigenvalue weighted by Gasteiger charge is 2.44. The fourth-order valence-corrected chi connectivity index (χ4v) is 5.08. The number of hydrogen-bond donors (Lipinski definition) is 1. The Bertz CT molecular complexity index is 879. The first-order valence-electron chi connectivity index (χ1n) is 11.0. The molecule has 0 aliphatic heterocycles. The van der Waals surface area contributed by atoms with Crippen molar-refractivity contribution >= 4 is 6.09 Å². The van der Waals surface area contributed by atoms with Crippen LogP contribution in [0.5, 0.6) is 0 Å². The third kappa shape index (κ3) is 4.18. The van der Waals surface area contributed by atoms with Crippen LogP contribution in [0, 0.1) is 5.92 Å². The minimum absolute atomic E-state index is 0.0739. The minimum atomic E-state index is -2.69. The highest BCUT2D eigenvalue weighted by atomic mass is 19.3. The van der Waals surface area contributed by atoms with Gasteiger partial charge < -0.3 is 9.84 Å². The maximum Gasteiger partial charge on any atom is 0.410 e. The SMILES string of the molecule is CC1CCC(CO)(N(CC(F)F)C(=O)OCC2c3ccccc3-c3ccccc32)CC1. The molecule has 4 nitrogen and oxygen atoms in total. The fraction of sp³-hybridized carbons (Fsp3) is 0.480. The predicted molar refractivity (Wildman–Crippen MR) is 115 cm³/mol. The Labute approximate surface area is 181 Å². The second kappa shape index (κ2) is 8.95. The van der Waals surface area contributed by atoms with Crippen LogP contribution in [-0.4, -0.2) is 47.8 Å². The largest absolute Gasteiger partial charge is 0.448 e. The van der Waals surface area contributed by atoms with Crippen molar-refractivity contribution in [3.05, 3.63) is 59.7 Å². The molecule has 31 heavy (non-hydrogen) atoms. The van der Waals surface area contributed by atoms with Gasteiger partial charge >= 0.3 is 6.09 Å². The van der Waals surface area contributed by atoms with Crippen molar-refractivity contribution in [3.63, 3.8) is 0 Å². The lowest BCUT2D eigenvalue weighted by molar-refractivity contribution is -0.0353. The Balaban J connectivity index is 1.55. The summed E-state index contributed by atoms with van der Waals surface area (Å²) in [5, 5.41) is 10.1. The number of aliphatic hydroxyl groups excluding tert-OH is 1. The molecule has 1 N–H and O–H groups in total. The van der Waals surface area contributed by atoms with E-state index in [1.54, 1.807) is 0 Å². The fourth-order valence-electron chi connectivity index (χ4n) is 5.08. The van der Waals surface area contributed by atoms with Gasteiger partial charge in [0.15, 0.2) is 0 Å². The minimum Gasteiger partial charge on any atom is -0.448 e.